The smallest absolute Gasteiger partial charge is 0.262 e. The van der Waals surface area contributed by atoms with Gasteiger partial charge in [0, 0.05) is 0 Å². The summed E-state index contributed by atoms with van der Waals surface area (Å²) in [5.74, 6) is -0.397. The van der Waals surface area contributed by atoms with Gasteiger partial charge in [-0.2, -0.15) is 0 Å². The summed E-state index contributed by atoms with van der Waals surface area (Å²) in [5.41, 5.74) is 2.02. The van der Waals surface area contributed by atoms with Gasteiger partial charge in [-0.15, -0.1) is 0 Å². The van der Waals surface area contributed by atoms with Gasteiger partial charge in [-0.25, -0.2) is 0 Å². The Kier molecular flexibility index (Phi) is 3.42. The fraction of sp³-hybridized carbons (Fsp3) is 0.143. The first kappa shape index (κ1) is 14.6. The van der Waals surface area contributed by atoms with Crippen molar-refractivity contribution in [2.45, 2.75) is 19.4 Å². The molecule has 0 saturated heterocycles. The Balaban J connectivity index is 1.86. The van der Waals surface area contributed by atoms with E-state index in [0.717, 1.165) is 16.3 Å². The van der Waals surface area contributed by atoms with Gasteiger partial charge in [-0.05, 0) is 34.9 Å². The van der Waals surface area contributed by atoms with Crippen LogP contribution in [0.5, 0.6) is 0 Å². The molecule has 4 rings (SSSR count). The molecule has 0 saturated carbocycles. The van der Waals surface area contributed by atoms with Crippen LogP contribution >= 0.6 is 0 Å². The summed E-state index contributed by atoms with van der Waals surface area (Å²) in [6, 6.07) is 20.9. The fourth-order valence-corrected chi connectivity index (χ4v) is 3.57. The third kappa shape index (κ3) is 2.05. The molecule has 0 radical (unpaired) electrons. The molecule has 3 aromatic rings. The number of hydrogen-bond acceptors (Lipinski definition) is 2. The lowest BCUT2D eigenvalue weighted by Gasteiger charge is -2.26. The topological polar surface area (TPSA) is 37.4 Å². The highest BCUT2D eigenvalue weighted by Gasteiger charge is 2.39. The Labute approximate surface area is 140 Å². The van der Waals surface area contributed by atoms with Crippen molar-refractivity contribution in [2.75, 3.05) is 0 Å². The highest BCUT2D eigenvalue weighted by Crippen LogP contribution is 2.36. The molecule has 1 heterocycles. The number of amides is 2. The summed E-state index contributed by atoms with van der Waals surface area (Å²) in [6.45, 7) is 2.01. The maximum atomic E-state index is 12.8. The van der Waals surface area contributed by atoms with E-state index in [0.29, 0.717) is 17.5 Å². The van der Waals surface area contributed by atoms with Crippen LogP contribution in [0, 0.1) is 0 Å². The number of carbonyl (C=O) groups excluding carboxylic acids is 2. The highest BCUT2D eigenvalue weighted by atomic mass is 16.2. The predicted octanol–water partition coefficient (Wildman–Crippen LogP) is 4.59. The van der Waals surface area contributed by atoms with E-state index in [1.165, 1.54) is 4.90 Å². The van der Waals surface area contributed by atoms with E-state index in [1.54, 1.807) is 24.3 Å². The standard InChI is InChI=1S/C21H17NO2/c1-2-19(16-13-7-9-14-8-3-4-10-15(14)16)22-20(23)17-11-5-6-12-18(17)21(22)24/h3-13,19H,2H2,1H3. The zero-order chi connectivity index (χ0) is 16.7. The number of benzene rings is 3. The summed E-state index contributed by atoms with van der Waals surface area (Å²) in [7, 11) is 0. The summed E-state index contributed by atoms with van der Waals surface area (Å²) >= 11 is 0. The second-order valence-corrected chi connectivity index (χ2v) is 6.02. The Bertz CT molecular complexity index is 920. The number of nitrogens with zero attached hydrogens (tertiary/aromatic N) is 1. The van der Waals surface area contributed by atoms with Gasteiger partial charge in [0.25, 0.3) is 11.8 Å². The van der Waals surface area contributed by atoms with Crippen LogP contribution in [0.2, 0.25) is 0 Å². The van der Waals surface area contributed by atoms with E-state index in [4.69, 9.17) is 0 Å². The van der Waals surface area contributed by atoms with Crippen LogP contribution < -0.4 is 0 Å². The van der Waals surface area contributed by atoms with Gasteiger partial charge in [-0.1, -0.05) is 61.5 Å². The molecule has 1 unspecified atom stereocenters. The third-order valence-electron chi connectivity index (χ3n) is 4.71. The van der Waals surface area contributed by atoms with Crippen molar-refractivity contribution in [3.8, 4) is 0 Å². The van der Waals surface area contributed by atoms with E-state index >= 15 is 0 Å². The van der Waals surface area contributed by atoms with Crippen molar-refractivity contribution in [1.82, 2.24) is 4.90 Å². The number of hydrogen-bond donors (Lipinski definition) is 0. The van der Waals surface area contributed by atoms with Crippen LogP contribution in [0.25, 0.3) is 10.8 Å². The van der Waals surface area contributed by atoms with E-state index in [1.807, 2.05) is 49.4 Å². The molecule has 1 aliphatic heterocycles. The minimum Gasteiger partial charge on any atom is -0.269 e. The first-order valence-corrected chi connectivity index (χ1v) is 8.17. The SMILES string of the molecule is CCC(c1cccc2ccccc12)N1C(=O)c2ccccc2C1=O. The molecule has 118 valence electrons. The first-order valence-electron chi connectivity index (χ1n) is 8.17. The van der Waals surface area contributed by atoms with Crippen molar-refractivity contribution < 1.29 is 9.59 Å². The van der Waals surface area contributed by atoms with Gasteiger partial charge in [0.1, 0.15) is 0 Å². The zero-order valence-corrected chi connectivity index (χ0v) is 13.4. The molecule has 0 aliphatic carbocycles. The minimum atomic E-state index is -0.261. The Morgan fingerprint density at radius 2 is 1.38 bits per heavy atom. The van der Waals surface area contributed by atoms with Crippen molar-refractivity contribution in [2.24, 2.45) is 0 Å². The molecule has 0 N–H and O–H groups in total. The van der Waals surface area contributed by atoms with Gasteiger partial charge in [0.05, 0.1) is 17.2 Å². The Morgan fingerprint density at radius 3 is 2.04 bits per heavy atom. The first-order chi connectivity index (χ1) is 11.7. The second kappa shape index (κ2) is 5.60. The molecule has 2 amide bonds. The second-order valence-electron chi connectivity index (χ2n) is 6.02. The lowest BCUT2D eigenvalue weighted by Crippen LogP contribution is -2.33. The van der Waals surface area contributed by atoms with Gasteiger partial charge in [0.15, 0.2) is 0 Å². The monoisotopic (exact) mass is 315 g/mol. The third-order valence-corrected chi connectivity index (χ3v) is 4.71. The number of fused-ring (bicyclic) bond motifs is 2. The van der Waals surface area contributed by atoms with Crippen molar-refractivity contribution in [1.29, 1.82) is 0 Å². The maximum Gasteiger partial charge on any atom is 0.262 e. The molecule has 3 heteroatoms. The van der Waals surface area contributed by atoms with Crippen LogP contribution in [0.4, 0.5) is 0 Å². The highest BCUT2D eigenvalue weighted by molar-refractivity contribution is 6.21. The largest absolute Gasteiger partial charge is 0.269 e. The molecule has 3 aromatic carbocycles. The minimum absolute atomic E-state index is 0.199. The lowest BCUT2D eigenvalue weighted by molar-refractivity contribution is 0.0579. The molecule has 0 bridgehead atoms. The van der Waals surface area contributed by atoms with Crippen LogP contribution in [0.3, 0.4) is 0 Å². The van der Waals surface area contributed by atoms with Gasteiger partial charge in [0.2, 0.25) is 0 Å². The molecule has 0 aromatic heterocycles. The van der Waals surface area contributed by atoms with Crippen molar-refractivity contribution in [3.63, 3.8) is 0 Å². The summed E-state index contributed by atoms with van der Waals surface area (Å²) in [6.07, 6.45) is 0.680. The van der Waals surface area contributed by atoms with E-state index in [9.17, 15) is 9.59 Å². The molecular formula is C21H17NO2. The lowest BCUT2D eigenvalue weighted by atomic mass is 9.96. The Morgan fingerprint density at radius 1 is 0.792 bits per heavy atom. The number of rotatable bonds is 3. The molecule has 1 atom stereocenters. The fourth-order valence-electron chi connectivity index (χ4n) is 3.57. The number of carbonyl (C=O) groups is 2. The van der Waals surface area contributed by atoms with Gasteiger partial charge >= 0.3 is 0 Å². The van der Waals surface area contributed by atoms with Crippen LogP contribution in [0.1, 0.15) is 45.7 Å². The summed E-state index contributed by atoms with van der Waals surface area (Å²) in [5, 5.41) is 2.20. The summed E-state index contributed by atoms with van der Waals surface area (Å²) in [4.78, 5) is 27.1. The quantitative estimate of drug-likeness (QED) is 0.663. The zero-order valence-electron chi connectivity index (χ0n) is 13.4. The summed E-state index contributed by atoms with van der Waals surface area (Å²) < 4.78 is 0. The van der Waals surface area contributed by atoms with Crippen LogP contribution in [-0.4, -0.2) is 16.7 Å². The normalized spacial score (nSPS) is 15.0. The molecule has 0 fully saturated rings. The maximum absolute atomic E-state index is 12.8. The van der Waals surface area contributed by atoms with E-state index in [-0.39, 0.29) is 17.9 Å². The Hall–Kier alpha value is -2.94. The van der Waals surface area contributed by atoms with E-state index < -0.39 is 0 Å². The van der Waals surface area contributed by atoms with Crippen molar-refractivity contribution in [3.05, 3.63) is 83.4 Å². The van der Waals surface area contributed by atoms with Crippen LogP contribution in [0.15, 0.2) is 66.7 Å². The van der Waals surface area contributed by atoms with E-state index in [2.05, 4.69) is 0 Å². The van der Waals surface area contributed by atoms with Gasteiger partial charge < -0.3 is 0 Å². The van der Waals surface area contributed by atoms with Gasteiger partial charge in [-0.3, -0.25) is 14.5 Å². The molecule has 3 nitrogen and oxygen atoms in total. The van der Waals surface area contributed by atoms with Crippen molar-refractivity contribution >= 4 is 22.6 Å². The molecule has 0 spiro atoms. The average molecular weight is 315 g/mol. The molecule has 1 aliphatic rings. The van der Waals surface area contributed by atoms with Crippen LogP contribution in [-0.2, 0) is 0 Å². The molecule has 24 heavy (non-hydrogen) atoms. The average Bonchev–Trinajstić information content (AvgIpc) is 2.88. The molecular weight excluding hydrogens is 298 g/mol. The predicted molar refractivity (Wildman–Crippen MR) is 93.9 cm³/mol. The number of imide groups is 1.